The summed E-state index contributed by atoms with van der Waals surface area (Å²) < 4.78 is 22.2. The normalized spacial score (nSPS) is 20.5. The van der Waals surface area contributed by atoms with E-state index in [9.17, 15) is 30.0 Å². The molecule has 0 aromatic rings. The molecule has 10 heteroatoms. The number of hydrogen-bond donors (Lipinski definition) is 4. The van der Waals surface area contributed by atoms with Crippen LogP contribution in [0.1, 0.15) is 181 Å². The summed E-state index contributed by atoms with van der Waals surface area (Å²) in [6.45, 7) is 3.17. The molecule has 340 valence electrons. The molecule has 0 aromatic heterocycles. The average Bonchev–Trinajstić information content (AvgIpc) is 3.23. The molecule has 0 spiro atoms. The van der Waals surface area contributed by atoms with Gasteiger partial charge in [0, 0.05) is 12.8 Å². The predicted molar refractivity (Wildman–Crippen MR) is 238 cm³/mol. The fourth-order valence-corrected chi connectivity index (χ4v) is 6.81. The van der Waals surface area contributed by atoms with E-state index in [1.165, 1.54) is 70.6 Å². The van der Waals surface area contributed by atoms with Gasteiger partial charge in [0.2, 0.25) is 0 Å². The van der Waals surface area contributed by atoms with Crippen molar-refractivity contribution in [3.63, 3.8) is 0 Å². The first-order chi connectivity index (χ1) is 28.8. The van der Waals surface area contributed by atoms with Crippen LogP contribution in [-0.4, -0.2) is 89.0 Å². The van der Waals surface area contributed by atoms with Gasteiger partial charge < -0.3 is 39.4 Å². The van der Waals surface area contributed by atoms with Gasteiger partial charge in [-0.1, -0.05) is 171 Å². The summed E-state index contributed by atoms with van der Waals surface area (Å²) >= 11 is 0. The molecule has 1 fully saturated rings. The van der Waals surface area contributed by atoms with Gasteiger partial charge in [-0.15, -0.1) is 0 Å². The maximum atomic E-state index is 12.8. The van der Waals surface area contributed by atoms with Crippen LogP contribution >= 0.6 is 0 Å². The quantitative estimate of drug-likeness (QED) is 0.0205. The van der Waals surface area contributed by atoms with Crippen LogP contribution in [-0.2, 0) is 28.5 Å². The van der Waals surface area contributed by atoms with Crippen molar-refractivity contribution in [2.75, 3.05) is 19.8 Å². The third-order valence-electron chi connectivity index (χ3n) is 10.5. The Morgan fingerprint density at radius 3 is 1.59 bits per heavy atom. The number of carbonyl (C=O) groups excluding carboxylic acids is 2. The topological polar surface area (TPSA) is 152 Å². The summed E-state index contributed by atoms with van der Waals surface area (Å²) in [7, 11) is 0. The average molecular weight is 833 g/mol. The van der Waals surface area contributed by atoms with Crippen molar-refractivity contribution in [1.29, 1.82) is 0 Å². The lowest BCUT2D eigenvalue weighted by molar-refractivity contribution is -0.305. The molecule has 0 radical (unpaired) electrons. The van der Waals surface area contributed by atoms with Gasteiger partial charge in [0.1, 0.15) is 31.0 Å². The second-order valence-corrected chi connectivity index (χ2v) is 15.9. The van der Waals surface area contributed by atoms with Crippen LogP contribution in [0, 0.1) is 0 Å². The van der Waals surface area contributed by atoms with E-state index in [-0.39, 0.29) is 32.0 Å². The number of allylic oxidation sites excluding steroid dienone is 10. The molecule has 0 aromatic carbocycles. The molecule has 1 aliphatic heterocycles. The van der Waals surface area contributed by atoms with Gasteiger partial charge in [-0.3, -0.25) is 9.59 Å². The van der Waals surface area contributed by atoms with E-state index in [0.29, 0.717) is 6.42 Å². The van der Waals surface area contributed by atoms with E-state index in [1.54, 1.807) is 0 Å². The zero-order valence-corrected chi connectivity index (χ0v) is 37.0. The van der Waals surface area contributed by atoms with E-state index in [0.717, 1.165) is 77.0 Å². The van der Waals surface area contributed by atoms with Gasteiger partial charge in [-0.2, -0.15) is 0 Å². The molecular weight excluding hydrogens is 749 g/mol. The first-order valence-corrected chi connectivity index (χ1v) is 23.4. The van der Waals surface area contributed by atoms with Crippen molar-refractivity contribution in [1.82, 2.24) is 0 Å². The van der Waals surface area contributed by atoms with Crippen molar-refractivity contribution in [2.24, 2.45) is 0 Å². The summed E-state index contributed by atoms with van der Waals surface area (Å²) in [5.41, 5.74) is 0. The molecule has 59 heavy (non-hydrogen) atoms. The fraction of sp³-hybridized carbons (Fsp3) is 0.755. The largest absolute Gasteiger partial charge is 0.462 e. The van der Waals surface area contributed by atoms with Crippen LogP contribution in [0.15, 0.2) is 60.8 Å². The van der Waals surface area contributed by atoms with E-state index >= 15 is 0 Å². The lowest BCUT2D eigenvalue weighted by Crippen LogP contribution is -2.59. The molecule has 1 heterocycles. The molecule has 0 bridgehead atoms. The van der Waals surface area contributed by atoms with E-state index in [4.69, 9.17) is 18.9 Å². The van der Waals surface area contributed by atoms with Crippen LogP contribution < -0.4 is 0 Å². The highest BCUT2D eigenvalue weighted by Gasteiger charge is 2.44. The standard InChI is InChI=1S/C49H84O10/c1-3-5-7-9-11-13-15-17-18-19-20-21-22-23-24-26-27-29-31-33-35-37-44(51)56-40-42(41-57-49-48(55)47(54)46(53)43(39-50)59-49)58-45(52)38-36-34-32-30-28-25-16-14-12-10-8-6-4-2/h5-8,10-14,16,42-43,46-50,53-55H,3-4,9,15,17-41H2,1-2H3/b7-5+,8-6+,12-10+,13-11+,16-14+/t42?,43-,46+,47?,48?,49-/m0/s1. The van der Waals surface area contributed by atoms with Crippen LogP contribution in [0.25, 0.3) is 0 Å². The number of esters is 2. The maximum Gasteiger partial charge on any atom is 0.306 e. The highest BCUT2D eigenvalue weighted by molar-refractivity contribution is 5.70. The summed E-state index contributed by atoms with van der Waals surface area (Å²) in [6.07, 6.45) is 40.9. The highest BCUT2D eigenvalue weighted by Crippen LogP contribution is 2.23. The SMILES string of the molecule is CC/C=C/C=C/C=C/CCCCCCCC(=O)OC(COC(=O)CCCCCCCCCCCCCCCC/C=C/C/C=C/CC)CO[C@H]1O[C@@H](CO)[C@@H](O)C(O)C1O. The molecule has 0 saturated carbocycles. The van der Waals surface area contributed by atoms with Gasteiger partial charge in [-0.05, 0) is 57.8 Å². The summed E-state index contributed by atoms with van der Waals surface area (Å²) in [4.78, 5) is 25.3. The molecule has 1 saturated heterocycles. The van der Waals surface area contributed by atoms with Crippen molar-refractivity contribution < 1.29 is 49.0 Å². The lowest BCUT2D eigenvalue weighted by atomic mass is 9.99. The number of rotatable bonds is 38. The van der Waals surface area contributed by atoms with Crippen LogP contribution in [0.4, 0.5) is 0 Å². The minimum Gasteiger partial charge on any atom is -0.462 e. The Morgan fingerprint density at radius 1 is 0.542 bits per heavy atom. The van der Waals surface area contributed by atoms with Crippen LogP contribution in [0.3, 0.4) is 0 Å². The summed E-state index contributed by atoms with van der Waals surface area (Å²) in [5, 5.41) is 40.1. The molecule has 0 amide bonds. The smallest absolute Gasteiger partial charge is 0.306 e. The summed E-state index contributed by atoms with van der Waals surface area (Å²) in [5.74, 6) is -0.832. The van der Waals surface area contributed by atoms with Crippen LogP contribution in [0.5, 0.6) is 0 Å². The first-order valence-electron chi connectivity index (χ1n) is 23.4. The minimum atomic E-state index is -1.60. The number of unbranched alkanes of at least 4 members (excludes halogenated alkanes) is 19. The van der Waals surface area contributed by atoms with Crippen molar-refractivity contribution >= 4 is 11.9 Å². The number of hydrogen-bond acceptors (Lipinski definition) is 10. The van der Waals surface area contributed by atoms with Gasteiger partial charge in [-0.25, -0.2) is 0 Å². The van der Waals surface area contributed by atoms with Crippen molar-refractivity contribution in [3.8, 4) is 0 Å². The Kier molecular flexibility index (Phi) is 36.5. The monoisotopic (exact) mass is 833 g/mol. The molecule has 4 N–H and O–H groups in total. The molecular formula is C49H84O10. The zero-order chi connectivity index (χ0) is 43.0. The first kappa shape index (κ1) is 54.4. The number of carbonyl (C=O) groups is 2. The molecule has 1 aliphatic rings. The number of aliphatic hydroxyl groups is 4. The van der Waals surface area contributed by atoms with Crippen molar-refractivity contribution in [2.45, 2.75) is 218 Å². The Bertz CT molecular complexity index is 1150. The van der Waals surface area contributed by atoms with E-state index in [1.807, 2.05) is 18.2 Å². The van der Waals surface area contributed by atoms with E-state index < -0.39 is 49.4 Å². The Morgan fingerprint density at radius 2 is 1.03 bits per heavy atom. The van der Waals surface area contributed by atoms with Crippen molar-refractivity contribution in [3.05, 3.63) is 60.8 Å². The van der Waals surface area contributed by atoms with Gasteiger partial charge in [0.25, 0.3) is 0 Å². The lowest BCUT2D eigenvalue weighted by Gasteiger charge is -2.39. The molecule has 10 nitrogen and oxygen atoms in total. The summed E-state index contributed by atoms with van der Waals surface area (Å²) in [6, 6.07) is 0. The number of aliphatic hydroxyl groups excluding tert-OH is 4. The molecule has 0 aliphatic carbocycles. The second-order valence-electron chi connectivity index (χ2n) is 15.9. The second kappa shape index (κ2) is 39.5. The minimum absolute atomic E-state index is 0.205. The van der Waals surface area contributed by atoms with Gasteiger partial charge in [0.15, 0.2) is 12.4 Å². The fourth-order valence-electron chi connectivity index (χ4n) is 6.81. The van der Waals surface area contributed by atoms with Gasteiger partial charge in [0.05, 0.1) is 13.2 Å². The number of ether oxygens (including phenoxy) is 4. The molecule has 1 rings (SSSR count). The van der Waals surface area contributed by atoms with Gasteiger partial charge >= 0.3 is 11.9 Å². The van der Waals surface area contributed by atoms with E-state index in [2.05, 4.69) is 56.4 Å². The molecule has 6 atom stereocenters. The van der Waals surface area contributed by atoms with Crippen LogP contribution in [0.2, 0.25) is 0 Å². The molecule has 3 unspecified atom stereocenters. The Labute approximate surface area is 358 Å². The Balaban J connectivity index is 2.27. The zero-order valence-electron chi connectivity index (χ0n) is 37.0. The third-order valence-corrected chi connectivity index (χ3v) is 10.5. The predicted octanol–water partition coefficient (Wildman–Crippen LogP) is 10.2. The Hall–Kier alpha value is -2.60. The third kappa shape index (κ3) is 31.0. The highest BCUT2D eigenvalue weighted by atomic mass is 16.7. The maximum absolute atomic E-state index is 12.8.